The molecule has 1 unspecified atom stereocenters. The van der Waals surface area contributed by atoms with E-state index in [2.05, 4.69) is 18.2 Å². The summed E-state index contributed by atoms with van der Waals surface area (Å²) in [4.78, 5) is 1.14. The third-order valence-corrected chi connectivity index (χ3v) is 3.56. The highest BCUT2D eigenvalue weighted by Gasteiger charge is 2.04. The predicted molar refractivity (Wildman–Crippen MR) is 82.1 cm³/mol. The van der Waals surface area contributed by atoms with Gasteiger partial charge in [-0.15, -0.1) is 11.8 Å². The molecule has 0 radical (unpaired) electrons. The summed E-state index contributed by atoms with van der Waals surface area (Å²) in [7, 11) is 0. The van der Waals surface area contributed by atoms with Crippen molar-refractivity contribution in [2.45, 2.75) is 24.3 Å². The lowest BCUT2D eigenvalue weighted by Gasteiger charge is -2.10. The zero-order valence-electron chi connectivity index (χ0n) is 11.3. The second kappa shape index (κ2) is 6.64. The number of thioether (sulfide) groups is 1. The molecule has 2 rings (SSSR count). The van der Waals surface area contributed by atoms with Crippen LogP contribution in [0.1, 0.15) is 12.5 Å². The van der Waals surface area contributed by atoms with Crippen molar-refractivity contribution in [3.8, 4) is 11.5 Å². The SMILES string of the molecule is CSc1ccccc1Oc1ccc(CC(C)N)cc1. The molecule has 2 aromatic carbocycles. The average molecular weight is 273 g/mol. The molecule has 2 N–H and O–H groups in total. The Bertz CT molecular complexity index is 523. The zero-order valence-corrected chi connectivity index (χ0v) is 12.1. The molecule has 0 aliphatic heterocycles. The van der Waals surface area contributed by atoms with Gasteiger partial charge < -0.3 is 10.5 Å². The van der Waals surface area contributed by atoms with E-state index in [1.807, 2.05) is 43.5 Å². The topological polar surface area (TPSA) is 35.2 Å². The highest BCUT2D eigenvalue weighted by atomic mass is 32.2. The van der Waals surface area contributed by atoms with Crippen molar-refractivity contribution < 1.29 is 4.74 Å². The predicted octanol–water partition coefficient (Wildman–Crippen LogP) is 4.09. The maximum absolute atomic E-state index is 5.91. The van der Waals surface area contributed by atoms with Crippen LogP contribution in [-0.2, 0) is 6.42 Å². The molecule has 1 atom stereocenters. The number of rotatable bonds is 5. The molecular weight excluding hydrogens is 254 g/mol. The lowest BCUT2D eigenvalue weighted by atomic mass is 10.1. The van der Waals surface area contributed by atoms with Gasteiger partial charge in [-0.05, 0) is 49.4 Å². The first kappa shape index (κ1) is 14.0. The van der Waals surface area contributed by atoms with Crippen LogP contribution in [0.4, 0.5) is 0 Å². The van der Waals surface area contributed by atoms with Crippen LogP contribution in [0.3, 0.4) is 0 Å². The summed E-state index contributed by atoms with van der Waals surface area (Å²) in [6.45, 7) is 2.01. The normalized spacial score (nSPS) is 12.2. The monoisotopic (exact) mass is 273 g/mol. The van der Waals surface area contributed by atoms with Crippen molar-refractivity contribution in [2.24, 2.45) is 5.73 Å². The molecule has 0 saturated heterocycles. The molecule has 0 aliphatic carbocycles. The summed E-state index contributed by atoms with van der Waals surface area (Å²) in [6, 6.07) is 16.4. The Kier molecular flexibility index (Phi) is 4.88. The van der Waals surface area contributed by atoms with Crippen LogP contribution in [0, 0.1) is 0 Å². The van der Waals surface area contributed by atoms with Gasteiger partial charge in [0.05, 0.1) is 0 Å². The van der Waals surface area contributed by atoms with Crippen LogP contribution in [0.2, 0.25) is 0 Å². The largest absolute Gasteiger partial charge is 0.456 e. The van der Waals surface area contributed by atoms with E-state index in [1.54, 1.807) is 11.8 Å². The molecule has 0 spiro atoms. The number of hydrogen-bond donors (Lipinski definition) is 1. The van der Waals surface area contributed by atoms with E-state index in [4.69, 9.17) is 10.5 Å². The van der Waals surface area contributed by atoms with Crippen LogP contribution in [0.5, 0.6) is 11.5 Å². The number of para-hydroxylation sites is 1. The van der Waals surface area contributed by atoms with E-state index >= 15 is 0 Å². The summed E-state index contributed by atoms with van der Waals surface area (Å²) >= 11 is 1.68. The van der Waals surface area contributed by atoms with Gasteiger partial charge in [0, 0.05) is 10.9 Å². The van der Waals surface area contributed by atoms with Crippen LogP contribution >= 0.6 is 11.8 Å². The van der Waals surface area contributed by atoms with Gasteiger partial charge in [-0.25, -0.2) is 0 Å². The van der Waals surface area contributed by atoms with E-state index in [-0.39, 0.29) is 6.04 Å². The molecule has 0 heterocycles. The molecular formula is C16H19NOS. The summed E-state index contributed by atoms with van der Waals surface area (Å²) in [5.74, 6) is 1.75. The number of benzene rings is 2. The Balaban J connectivity index is 2.11. The molecule has 3 heteroatoms. The standard InChI is InChI=1S/C16H19NOS/c1-12(17)11-13-7-9-14(10-8-13)18-15-5-3-4-6-16(15)19-2/h3-10,12H,11,17H2,1-2H3. The third kappa shape index (κ3) is 4.01. The molecule has 0 aliphatic rings. The molecule has 0 aromatic heterocycles. The molecule has 2 aromatic rings. The van der Waals surface area contributed by atoms with Gasteiger partial charge in [-0.2, -0.15) is 0 Å². The van der Waals surface area contributed by atoms with Crippen molar-refractivity contribution in [1.82, 2.24) is 0 Å². The van der Waals surface area contributed by atoms with Crippen LogP contribution in [0.15, 0.2) is 53.4 Å². The first-order valence-electron chi connectivity index (χ1n) is 6.34. The lowest BCUT2D eigenvalue weighted by molar-refractivity contribution is 0.471. The molecule has 2 nitrogen and oxygen atoms in total. The van der Waals surface area contributed by atoms with Gasteiger partial charge >= 0.3 is 0 Å². The minimum absolute atomic E-state index is 0.184. The van der Waals surface area contributed by atoms with Crippen molar-refractivity contribution >= 4 is 11.8 Å². The highest BCUT2D eigenvalue weighted by molar-refractivity contribution is 7.98. The van der Waals surface area contributed by atoms with Crippen molar-refractivity contribution in [3.05, 3.63) is 54.1 Å². The minimum atomic E-state index is 0.184. The Morgan fingerprint density at radius 2 is 1.79 bits per heavy atom. The number of hydrogen-bond acceptors (Lipinski definition) is 3. The fourth-order valence-electron chi connectivity index (χ4n) is 1.90. The van der Waals surface area contributed by atoms with E-state index in [0.29, 0.717) is 0 Å². The number of ether oxygens (including phenoxy) is 1. The second-order valence-corrected chi connectivity index (χ2v) is 5.43. The molecule has 0 bridgehead atoms. The third-order valence-electron chi connectivity index (χ3n) is 2.78. The van der Waals surface area contributed by atoms with Gasteiger partial charge in [0.2, 0.25) is 0 Å². The number of nitrogens with two attached hydrogens (primary N) is 1. The smallest absolute Gasteiger partial charge is 0.140 e. The maximum Gasteiger partial charge on any atom is 0.140 e. The van der Waals surface area contributed by atoms with Crippen LogP contribution in [0.25, 0.3) is 0 Å². The summed E-state index contributed by atoms with van der Waals surface area (Å²) in [5.41, 5.74) is 7.03. The minimum Gasteiger partial charge on any atom is -0.456 e. The lowest BCUT2D eigenvalue weighted by Crippen LogP contribution is -2.17. The van der Waals surface area contributed by atoms with Gasteiger partial charge in [0.1, 0.15) is 11.5 Å². The molecule has 100 valence electrons. The Hall–Kier alpha value is -1.45. The van der Waals surface area contributed by atoms with E-state index < -0.39 is 0 Å². The van der Waals surface area contributed by atoms with Crippen molar-refractivity contribution in [3.63, 3.8) is 0 Å². The Morgan fingerprint density at radius 1 is 1.11 bits per heavy atom. The van der Waals surface area contributed by atoms with Crippen molar-refractivity contribution in [1.29, 1.82) is 0 Å². The van der Waals surface area contributed by atoms with E-state index in [0.717, 1.165) is 22.8 Å². The van der Waals surface area contributed by atoms with Crippen LogP contribution < -0.4 is 10.5 Å². The molecule has 0 fully saturated rings. The van der Waals surface area contributed by atoms with Gasteiger partial charge in [0.25, 0.3) is 0 Å². The zero-order chi connectivity index (χ0) is 13.7. The van der Waals surface area contributed by atoms with E-state index in [1.165, 1.54) is 5.56 Å². The van der Waals surface area contributed by atoms with Gasteiger partial charge in [-0.3, -0.25) is 0 Å². The summed E-state index contributed by atoms with van der Waals surface area (Å²) in [5, 5.41) is 0. The first-order valence-corrected chi connectivity index (χ1v) is 7.57. The summed E-state index contributed by atoms with van der Waals surface area (Å²) in [6.07, 6.45) is 2.94. The average Bonchev–Trinajstić information content (AvgIpc) is 2.41. The summed E-state index contributed by atoms with van der Waals surface area (Å²) < 4.78 is 5.91. The molecule has 0 amide bonds. The highest BCUT2D eigenvalue weighted by Crippen LogP contribution is 2.31. The fourth-order valence-corrected chi connectivity index (χ4v) is 2.42. The second-order valence-electron chi connectivity index (χ2n) is 4.58. The van der Waals surface area contributed by atoms with Crippen LogP contribution in [-0.4, -0.2) is 12.3 Å². The first-order chi connectivity index (χ1) is 9.19. The van der Waals surface area contributed by atoms with E-state index in [9.17, 15) is 0 Å². The Morgan fingerprint density at radius 3 is 2.42 bits per heavy atom. The van der Waals surface area contributed by atoms with Gasteiger partial charge in [0.15, 0.2) is 0 Å². The quantitative estimate of drug-likeness (QED) is 0.833. The van der Waals surface area contributed by atoms with Gasteiger partial charge in [-0.1, -0.05) is 24.3 Å². The molecule has 0 saturated carbocycles. The maximum atomic E-state index is 5.91. The molecule has 19 heavy (non-hydrogen) atoms. The Labute approximate surface area is 119 Å². The van der Waals surface area contributed by atoms with Crippen molar-refractivity contribution in [2.75, 3.05) is 6.26 Å². The fraction of sp³-hybridized carbons (Fsp3) is 0.250.